The third-order valence-electron chi connectivity index (χ3n) is 3.74. The van der Waals surface area contributed by atoms with Crippen LogP contribution in [0, 0.1) is 0 Å². The van der Waals surface area contributed by atoms with Crippen LogP contribution in [-0.2, 0) is 9.53 Å². The Bertz CT molecular complexity index is 451. The Morgan fingerprint density at radius 3 is 2.52 bits per heavy atom. The topological polar surface area (TPSA) is 29.5 Å². The predicted octanol–water partition coefficient (Wildman–Crippen LogP) is 5.14. The largest absolute Gasteiger partial charge is 0.466 e. The fourth-order valence-electron chi connectivity index (χ4n) is 2.72. The van der Waals surface area contributed by atoms with Crippen molar-refractivity contribution in [1.29, 1.82) is 0 Å². The molecule has 0 spiro atoms. The number of rotatable bonds is 5. The Balaban J connectivity index is 2.17. The van der Waals surface area contributed by atoms with Crippen molar-refractivity contribution in [3.8, 4) is 0 Å². The minimum atomic E-state index is -0.104. The molecule has 1 aliphatic heterocycles. The molecule has 1 saturated heterocycles. The zero-order valence-electron chi connectivity index (χ0n) is 12.2. The lowest BCUT2D eigenvalue weighted by Crippen LogP contribution is -2.31. The first-order chi connectivity index (χ1) is 10.1. The van der Waals surface area contributed by atoms with E-state index in [0.29, 0.717) is 13.0 Å². The number of hydrogen-bond acceptors (Lipinski definition) is 4. The van der Waals surface area contributed by atoms with E-state index in [1.807, 2.05) is 6.92 Å². The molecule has 3 nitrogen and oxygen atoms in total. The predicted molar refractivity (Wildman–Crippen MR) is 93.8 cm³/mol. The van der Waals surface area contributed by atoms with E-state index in [2.05, 4.69) is 42.8 Å². The molecule has 0 aromatic carbocycles. The summed E-state index contributed by atoms with van der Waals surface area (Å²) in [6, 6.07) is 2.26. The van der Waals surface area contributed by atoms with E-state index < -0.39 is 0 Å². The molecule has 1 aliphatic rings. The van der Waals surface area contributed by atoms with Crippen LogP contribution in [-0.4, -0.2) is 30.6 Å². The first-order valence-electron chi connectivity index (χ1n) is 7.46. The Hall–Kier alpha value is 0.0900. The number of halogens is 2. The van der Waals surface area contributed by atoms with Gasteiger partial charge in [0.25, 0.3) is 0 Å². The standard InChI is InChI=1S/C15H21Br2NO2S/c1-2-20-14(19)10-12(13-9-11(16)15(17)21-13)18-7-5-3-4-6-8-18/h9,12H,2-8,10H2,1H3. The second kappa shape index (κ2) is 8.65. The van der Waals surface area contributed by atoms with Crippen molar-refractivity contribution < 1.29 is 9.53 Å². The summed E-state index contributed by atoms with van der Waals surface area (Å²) in [6.45, 7) is 4.44. The fourth-order valence-corrected chi connectivity index (χ4v) is 4.95. The number of esters is 1. The van der Waals surface area contributed by atoms with Crippen LogP contribution in [0.25, 0.3) is 0 Å². The average molecular weight is 439 g/mol. The zero-order valence-corrected chi connectivity index (χ0v) is 16.2. The van der Waals surface area contributed by atoms with Crippen molar-refractivity contribution in [1.82, 2.24) is 4.90 Å². The summed E-state index contributed by atoms with van der Waals surface area (Å²) in [4.78, 5) is 15.7. The van der Waals surface area contributed by atoms with Gasteiger partial charge in [0.15, 0.2) is 0 Å². The lowest BCUT2D eigenvalue weighted by molar-refractivity contribution is -0.144. The maximum atomic E-state index is 12.0. The molecule has 0 aliphatic carbocycles. The van der Waals surface area contributed by atoms with Crippen LogP contribution in [0.4, 0.5) is 0 Å². The number of hydrogen-bond donors (Lipinski definition) is 0. The third kappa shape index (κ3) is 5.05. The second-order valence-electron chi connectivity index (χ2n) is 5.25. The molecule has 1 atom stereocenters. The fraction of sp³-hybridized carbons (Fsp3) is 0.667. The van der Waals surface area contributed by atoms with Gasteiger partial charge in [0, 0.05) is 9.35 Å². The van der Waals surface area contributed by atoms with Crippen molar-refractivity contribution in [3.05, 3.63) is 19.2 Å². The van der Waals surface area contributed by atoms with Crippen molar-refractivity contribution in [2.75, 3.05) is 19.7 Å². The normalized spacial score (nSPS) is 18.2. The van der Waals surface area contributed by atoms with Gasteiger partial charge in [-0.05, 0) is 70.8 Å². The smallest absolute Gasteiger partial charge is 0.307 e. The monoisotopic (exact) mass is 437 g/mol. The molecule has 0 radical (unpaired) electrons. The average Bonchev–Trinajstić information content (AvgIpc) is 2.68. The Labute approximate surface area is 147 Å². The lowest BCUT2D eigenvalue weighted by Gasteiger charge is -2.29. The number of thiophene rings is 1. The van der Waals surface area contributed by atoms with E-state index in [0.717, 1.165) is 21.3 Å². The molecule has 2 rings (SSSR count). The van der Waals surface area contributed by atoms with E-state index >= 15 is 0 Å². The summed E-state index contributed by atoms with van der Waals surface area (Å²) in [5, 5.41) is 0. The molecule has 118 valence electrons. The first-order valence-corrected chi connectivity index (χ1v) is 9.86. The molecule has 1 unspecified atom stereocenters. The first kappa shape index (κ1) is 17.4. The van der Waals surface area contributed by atoms with Gasteiger partial charge in [-0.1, -0.05) is 12.8 Å². The zero-order chi connectivity index (χ0) is 15.2. The molecular weight excluding hydrogens is 418 g/mol. The van der Waals surface area contributed by atoms with Crippen LogP contribution in [0.3, 0.4) is 0 Å². The molecule has 1 aromatic rings. The summed E-state index contributed by atoms with van der Waals surface area (Å²) in [5.41, 5.74) is 0. The van der Waals surface area contributed by atoms with E-state index in [9.17, 15) is 4.79 Å². The van der Waals surface area contributed by atoms with Gasteiger partial charge in [0.05, 0.1) is 22.9 Å². The summed E-state index contributed by atoms with van der Waals surface area (Å²) in [6.07, 6.45) is 5.45. The number of nitrogens with zero attached hydrogens (tertiary/aromatic N) is 1. The molecule has 0 amide bonds. The highest BCUT2D eigenvalue weighted by molar-refractivity contribution is 9.13. The SMILES string of the molecule is CCOC(=O)CC(c1cc(Br)c(Br)s1)N1CCCCCC1. The molecule has 1 aromatic heterocycles. The number of carbonyl (C=O) groups excluding carboxylic acids is 1. The van der Waals surface area contributed by atoms with Gasteiger partial charge in [0.1, 0.15) is 0 Å². The molecule has 2 heterocycles. The number of ether oxygens (including phenoxy) is 1. The van der Waals surface area contributed by atoms with Crippen LogP contribution < -0.4 is 0 Å². The van der Waals surface area contributed by atoms with E-state index in [4.69, 9.17) is 4.74 Å². The number of carbonyl (C=O) groups is 1. The van der Waals surface area contributed by atoms with Crippen molar-refractivity contribution in [2.24, 2.45) is 0 Å². The van der Waals surface area contributed by atoms with E-state index in [1.165, 1.54) is 30.6 Å². The quantitative estimate of drug-likeness (QED) is 0.595. The lowest BCUT2D eigenvalue weighted by atomic mass is 10.1. The van der Waals surface area contributed by atoms with Gasteiger partial charge < -0.3 is 4.74 Å². The molecular formula is C15H21Br2NO2S. The van der Waals surface area contributed by atoms with Crippen LogP contribution in [0.15, 0.2) is 14.3 Å². The van der Waals surface area contributed by atoms with Crippen LogP contribution in [0.1, 0.15) is 49.9 Å². The van der Waals surface area contributed by atoms with Gasteiger partial charge in [-0.15, -0.1) is 11.3 Å². The highest BCUT2D eigenvalue weighted by atomic mass is 79.9. The van der Waals surface area contributed by atoms with Gasteiger partial charge in [-0.25, -0.2) is 0 Å². The van der Waals surface area contributed by atoms with Gasteiger partial charge in [0.2, 0.25) is 0 Å². The van der Waals surface area contributed by atoms with Gasteiger partial charge >= 0.3 is 5.97 Å². The molecule has 6 heteroatoms. The van der Waals surface area contributed by atoms with Crippen LogP contribution in [0.2, 0.25) is 0 Å². The minimum absolute atomic E-state index is 0.104. The summed E-state index contributed by atoms with van der Waals surface area (Å²) >= 11 is 8.81. The van der Waals surface area contributed by atoms with Crippen molar-refractivity contribution in [2.45, 2.75) is 45.1 Å². The van der Waals surface area contributed by atoms with Gasteiger partial charge in [-0.3, -0.25) is 9.69 Å². The van der Waals surface area contributed by atoms with Crippen molar-refractivity contribution in [3.63, 3.8) is 0 Å². The third-order valence-corrected chi connectivity index (χ3v) is 7.10. The molecule has 1 fully saturated rings. The highest BCUT2D eigenvalue weighted by Crippen LogP contribution is 2.39. The molecule has 0 N–H and O–H groups in total. The number of likely N-dealkylation sites (tertiary alicyclic amines) is 1. The summed E-state index contributed by atoms with van der Waals surface area (Å²) < 4.78 is 7.31. The maximum Gasteiger partial charge on any atom is 0.307 e. The minimum Gasteiger partial charge on any atom is -0.466 e. The summed E-state index contributed by atoms with van der Waals surface area (Å²) in [7, 11) is 0. The molecule has 21 heavy (non-hydrogen) atoms. The van der Waals surface area contributed by atoms with Gasteiger partial charge in [-0.2, -0.15) is 0 Å². The maximum absolute atomic E-state index is 12.0. The Morgan fingerprint density at radius 1 is 1.33 bits per heavy atom. The summed E-state index contributed by atoms with van der Waals surface area (Å²) in [5.74, 6) is -0.104. The molecule has 0 bridgehead atoms. The van der Waals surface area contributed by atoms with Crippen LogP contribution >= 0.6 is 43.2 Å². The highest BCUT2D eigenvalue weighted by Gasteiger charge is 2.26. The van der Waals surface area contributed by atoms with E-state index in [1.54, 1.807) is 11.3 Å². The second-order valence-corrected chi connectivity index (χ2v) is 8.50. The van der Waals surface area contributed by atoms with Crippen molar-refractivity contribution >= 4 is 49.2 Å². The van der Waals surface area contributed by atoms with Crippen LogP contribution in [0.5, 0.6) is 0 Å². The van der Waals surface area contributed by atoms with E-state index in [-0.39, 0.29) is 12.0 Å². The molecule has 0 saturated carbocycles. The Kier molecular flexibility index (Phi) is 7.19. The Morgan fingerprint density at radius 2 is 2.00 bits per heavy atom.